The van der Waals surface area contributed by atoms with Gasteiger partial charge in [0.15, 0.2) is 0 Å². The van der Waals surface area contributed by atoms with E-state index in [0.717, 1.165) is 31.4 Å². The van der Waals surface area contributed by atoms with Crippen LogP contribution in [0, 0.1) is 0 Å². The summed E-state index contributed by atoms with van der Waals surface area (Å²) in [6, 6.07) is 57.2. The molecule has 2 aliphatic carbocycles. The Bertz CT molecular complexity index is 2560. The van der Waals surface area contributed by atoms with Gasteiger partial charge in [-0.1, -0.05) is 122 Å². The van der Waals surface area contributed by atoms with Gasteiger partial charge < -0.3 is 4.57 Å². The fraction of sp³-hybridized carbons (Fsp3) is 0.180. The molecule has 0 amide bonds. The number of aromatic nitrogens is 2. The maximum absolute atomic E-state index is 4.65. The number of para-hydroxylation sites is 2. The molecule has 3 atom stereocenters. The summed E-state index contributed by atoms with van der Waals surface area (Å²) in [6.45, 7) is 4.74. The van der Waals surface area contributed by atoms with Crippen LogP contribution in [0.25, 0.3) is 55.3 Å². The first-order chi connectivity index (χ1) is 25.6. The molecule has 0 saturated carbocycles. The van der Waals surface area contributed by atoms with Crippen LogP contribution in [0.3, 0.4) is 0 Å². The summed E-state index contributed by atoms with van der Waals surface area (Å²) < 4.78 is 2.57. The minimum atomic E-state index is -0.0524. The molecule has 0 radical (unpaired) electrons. The second-order valence-corrected chi connectivity index (χ2v) is 15.2. The highest BCUT2D eigenvalue weighted by Crippen LogP contribution is 2.56. The Kier molecular flexibility index (Phi) is 7.28. The first kappa shape index (κ1) is 31.0. The monoisotopic (exact) mass is 670 g/mol. The van der Waals surface area contributed by atoms with Crippen molar-refractivity contribution in [1.82, 2.24) is 9.55 Å². The van der Waals surface area contributed by atoms with E-state index in [1.165, 1.54) is 77.4 Å². The summed E-state index contributed by atoms with van der Waals surface area (Å²) >= 11 is 0. The zero-order valence-electron chi connectivity index (χ0n) is 29.9. The molecule has 0 aliphatic heterocycles. The van der Waals surface area contributed by atoms with Gasteiger partial charge in [-0.3, -0.25) is 4.98 Å². The number of hydrogen-bond acceptors (Lipinski definition) is 1. The van der Waals surface area contributed by atoms with Crippen LogP contribution in [0.2, 0.25) is 0 Å². The molecular weight excluding hydrogens is 629 g/mol. The summed E-state index contributed by atoms with van der Waals surface area (Å²) in [5, 5.41) is 2.69. The van der Waals surface area contributed by atoms with Crippen molar-refractivity contribution in [1.29, 1.82) is 0 Å². The molecule has 0 fully saturated rings. The molecule has 6 aromatic carbocycles. The van der Waals surface area contributed by atoms with Gasteiger partial charge in [-0.05, 0) is 125 Å². The van der Waals surface area contributed by atoms with Crippen molar-refractivity contribution in [2.75, 3.05) is 0 Å². The third-order valence-electron chi connectivity index (χ3n) is 12.3. The zero-order valence-corrected chi connectivity index (χ0v) is 29.9. The Labute approximate surface area is 306 Å². The highest BCUT2D eigenvalue weighted by Gasteiger charge is 2.47. The molecule has 2 aromatic heterocycles. The van der Waals surface area contributed by atoms with Gasteiger partial charge in [0.25, 0.3) is 0 Å². The molecule has 2 heteroatoms. The maximum Gasteiger partial charge on any atom is 0.0702 e. The maximum atomic E-state index is 4.65. The minimum absolute atomic E-state index is 0.0524. The molecule has 0 N–H and O–H groups in total. The number of pyridine rings is 1. The molecule has 3 unspecified atom stereocenters. The number of hydrogen-bond donors (Lipinski definition) is 0. The van der Waals surface area contributed by atoms with Crippen LogP contribution in [0.4, 0.5) is 0 Å². The van der Waals surface area contributed by atoms with Crippen LogP contribution >= 0.6 is 0 Å². The normalized spacial score (nSPS) is 17.0. The van der Waals surface area contributed by atoms with Gasteiger partial charge in [0, 0.05) is 45.0 Å². The van der Waals surface area contributed by atoms with Crippen LogP contribution < -0.4 is 0 Å². The summed E-state index contributed by atoms with van der Waals surface area (Å²) in [4.78, 5) is 4.65. The topological polar surface area (TPSA) is 17.8 Å². The van der Waals surface area contributed by atoms with Crippen LogP contribution in [0.5, 0.6) is 0 Å². The number of benzene rings is 6. The molecule has 52 heavy (non-hydrogen) atoms. The van der Waals surface area contributed by atoms with Crippen molar-refractivity contribution in [2.24, 2.45) is 0 Å². The Hall–Kier alpha value is -5.73. The van der Waals surface area contributed by atoms with Crippen LogP contribution in [-0.2, 0) is 18.3 Å². The molecule has 0 bridgehead atoms. The molecule has 252 valence electrons. The fourth-order valence-electron chi connectivity index (χ4n) is 9.82. The van der Waals surface area contributed by atoms with Gasteiger partial charge in [0.05, 0.1) is 5.69 Å². The van der Waals surface area contributed by atoms with E-state index >= 15 is 0 Å². The second-order valence-electron chi connectivity index (χ2n) is 15.2. The predicted octanol–water partition coefficient (Wildman–Crippen LogP) is 12.7. The van der Waals surface area contributed by atoms with Crippen molar-refractivity contribution in [3.05, 3.63) is 186 Å². The van der Waals surface area contributed by atoms with Gasteiger partial charge in [-0.25, -0.2) is 0 Å². The fourth-order valence-corrected chi connectivity index (χ4v) is 9.82. The molecule has 10 rings (SSSR count). The number of fused-ring (bicyclic) bond motifs is 9. The Morgan fingerprint density at radius 3 is 2.00 bits per heavy atom. The number of rotatable bonds is 7. The van der Waals surface area contributed by atoms with Crippen molar-refractivity contribution >= 4 is 21.8 Å². The quantitative estimate of drug-likeness (QED) is 0.165. The lowest BCUT2D eigenvalue weighted by molar-refractivity contribution is 0.462. The van der Waals surface area contributed by atoms with Crippen LogP contribution in [-0.4, -0.2) is 9.55 Å². The van der Waals surface area contributed by atoms with Gasteiger partial charge >= 0.3 is 0 Å². The number of nitrogens with zero attached hydrogens (tertiary/aromatic N) is 2. The van der Waals surface area contributed by atoms with Gasteiger partial charge in [-0.2, -0.15) is 0 Å². The molecule has 8 aromatic rings. The van der Waals surface area contributed by atoms with E-state index in [1.807, 2.05) is 12.3 Å². The van der Waals surface area contributed by atoms with Crippen molar-refractivity contribution in [3.8, 4) is 33.5 Å². The van der Waals surface area contributed by atoms with E-state index in [1.54, 1.807) is 0 Å². The highest BCUT2D eigenvalue weighted by molar-refractivity contribution is 6.08. The average Bonchev–Trinajstić information content (AvgIpc) is 3.85. The third kappa shape index (κ3) is 4.81. The van der Waals surface area contributed by atoms with E-state index in [9.17, 15) is 0 Å². The lowest BCUT2D eigenvalue weighted by Crippen LogP contribution is -2.25. The van der Waals surface area contributed by atoms with Gasteiger partial charge in [-0.15, -0.1) is 0 Å². The lowest BCUT2D eigenvalue weighted by Gasteiger charge is -2.27. The van der Waals surface area contributed by atoms with E-state index in [-0.39, 0.29) is 5.41 Å². The molecule has 1 spiro atoms. The predicted molar refractivity (Wildman–Crippen MR) is 217 cm³/mol. The molecule has 0 saturated heterocycles. The molecular formula is C50H42N2. The van der Waals surface area contributed by atoms with E-state index in [4.69, 9.17) is 0 Å². The molecule has 2 nitrogen and oxygen atoms in total. The smallest absolute Gasteiger partial charge is 0.0702 e. The third-order valence-corrected chi connectivity index (χ3v) is 12.3. The van der Waals surface area contributed by atoms with E-state index in [2.05, 4.69) is 169 Å². The first-order valence-electron chi connectivity index (χ1n) is 19.0. The first-order valence-corrected chi connectivity index (χ1v) is 19.0. The Balaban J connectivity index is 0.961. The van der Waals surface area contributed by atoms with E-state index in [0.29, 0.717) is 12.0 Å². The Morgan fingerprint density at radius 1 is 0.596 bits per heavy atom. The molecule has 2 aliphatic rings. The van der Waals surface area contributed by atoms with Crippen molar-refractivity contribution in [2.45, 2.75) is 56.9 Å². The molecule has 2 heterocycles. The van der Waals surface area contributed by atoms with Gasteiger partial charge in [0.2, 0.25) is 0 Å². The standard InChI is InChI=1S/C50H42N2/c1-3-34(28-33(2)52-48-17-8-5-13-43(48)44-14-6-9-18-49(44)52)35-19-21-36(22-20-35)37-25-26-42-41-12-4-7-15-45(41)50(46(42)30-37)31-39-24-23-38(29-40(39)32-50)47-16-10-11-27-51-47/h4-27,29-30,33-34H,3,28,31-32H2,1-2H3. The summed E-state index contributed by atoms with van der Waals surface area (Å²) in [6.07, 6.45) is 6.14. The second kappa shape index (κ2) is 12.2. The minimum Gasteiger partial charge on any atom is -0.338 e. The highest BCUT2D eigenvalue weighted by atomic mass is 15.0. The van der Waals surface area contributed by atoms with Crippen LogP contribution in [0.1, 0.15) is 66.5 Å². The zero-order chi connectivity index (χ0) is 34.8. The lowest BCUT2D eigenvalue weighted by atomic mass is 9.75. The van der Waals surface area contributed by atoms with Crippen LogP contribution in [0.15, 0.2) is 158 Å². The average molecular weight is 671 g/mol. The van der Waals surface area contributed by atoms with Gasteiger partial charge in [0.1, 0.15) is 0 Å². The summed E-state index contributed by atoms with van der Waals surface area (Å²) in [5.41, 5.74) is 17.5. The summed E-state index contributed by atoms with van der Waals surface area (Å²) in [5.74, 6) is 0.481. The van der Waals surface area contributed by atoms with Crippen molar-refractivity contribution in [3.63, 3.8) is 0 Å². The van der Waals surface area contributed by atoms with Crippen molar-refractivity contribution < 1.29 is 0 Å². The largest absolute Gasteiger partial charge is 0.338 e. The Morgan fingerprint density at radius 2 is 1.25 bits per heavy atom. The SMILES string of the molecule is CCC(CC(C)n1c2ccccc2c2ccccc21)c1ccc(-c2ccc3c(c2)C2(Cc4ccc(-c5ccccn5)cc4C2)c2ccccc2-3)cc1. The summed E-state index contributed by atoms with van der Waals surface area (Å²) in [7, 11) is 0. The van der Waals surface area contributed by atoms with E-state index < -0.39 is 0 Å².